The van der Waals surface area contributed by atoms with Gasteiger partial charge in [-0.1, -0.05) is 42.5 Å². The van der Waals surface area contributed by atoms with Gasteiger partial charge < -0.3 is 0 Å². The second-order valence-electron chi connectivity index (χ2n) is 4.41. The fourth-order valence-corrected chi connectivity index (χ4v) is 3.05. The molecule has 4 nitrogen and oxygen atoms in total. The Kier molecular flexibility index (Phi) is 4.18. The average Bonchev–Trinajstić information content (AvgIpc) is 2.46. The summed E-state index contributed by atoms with van der Waals surface area (Å²) in [5.74, 6) is 0. The molecule has 2 rings (SSSR count). The molecule has 0 saturated heterocycles. The summed E-state index contributed by atoms with van der Waals surface area (Å²) < 4.78 is 26.9. The van der Waals surface area contributed by atoms with Crippen molar-refractivity contribution >= 4 is 10.0 Å². The van der Waals surface area contributed by atoms with Crippen molar-refractivity contribution in [3.8, 4) is 6.07 Å². The Labute approximate surface area is 118 Å². The van der Waals surface area contributed by atoms with E-state index in [0.29, 0.717) is 5.56 Å². The summed E-state index contributed by atoms with van der Waals surface area (Å²) in [7, 11) is -3.71. The number of nitrogens with one attached hydrogen (secondary N) is 1. The molecule has 5 heteroatoms. The predicted octanol–water partition coefficient (Wildman–Crippen LogP) is 2.54. The lowest BCUT2D eigenvalue weighted by atomic mass is 10.1. The zero-order valence-corrected chi connectivity index (χ0v) is 11.8. The third kappa shape index (κ3) is 3.23. The molecule has 0 saturated carbocycles. The van der Waals surface area contributed by atoms with E-state index in [-0.39, 0.29) is 4.90 Å². The summed E-state index contributed by atoms with van der Waals surface area (Å²) in [6, 6.07) is 16.4. The first-order chi connectivity index (χ1) is 9.53. The molecular formula is C15H14N2O2S. The van der Waals surface area contributed by atoms with Crippen LogP contribution in [0.1, 0.15) is 17.2 Å². The Morgan fingerprint density at radius 1 is 1.10 bits per heavy atom. The smallest absolute Gasteiger partial charge is 0.207 e. The third-order valence-electron chi connectivity index (χ3n) is 2.83. The van der Waals surface area contributed by atoms with E-state index in [9.17, 15) is 8.42 Å². The molecule has 0 heterocycles. The minimum atomic E-state index is -3.71. The molecule has 0 aromatic heterocycles. The number of hydrogen-bond acceptors (Lipinski definition) is 3. The molecule has 2 aromatic carbocycles. The standard InChI is InChI=1S/C15H14N2O2S/c1-12-6-5-9-14(10-12)20(18,19)17-15(11-16)13-7-3-2-4-8-13/h2-10,15,17H,1H3. The Morgan fingerprint density at radius 3 is 2.40 bits per heavy atom. The number of aryl methyl sites for hydroxylation is 1. The highest BCUT2D eigenvalue weighted by Gasteiger charge is 2.20. The Balaban J connectivity index is 2.30. The van der Waals surface area contributed by atoms with Crippen molar-refractivity contribution in [2.45, 2.75) is 17.9 Å². The molecule has 1 N–H and O–H groups in total. The first-order valence-corrected chi connectivity index (χ1v) is 7.55. The number of nitriles is 1. The molecule has 1 unspecified atom stereocenters. The van der Waals surface area contributed by atoms with Gasteiger partial charge in [0, 0.05) is 0 Å². The second kappa shape index (κ2) is 5.87. The summed E-state index contributed by atoms with van der Waals surface area (Å²) >= 11 is 0. The van der Waals surface area contributed by atoms with E-state index in [0.717, 1.165) is 5.56 Å². The summed E-state index contributed by atoms with van der Waals surface area (Å²) in [4.78, 5) is 0.161. The molecular weight excluding hydrogens is 272 g/mol. The van der Waals surface area contributed by atoms with E-state index >= 15 is 0 Å². The molecule has 2 aromatic rings. The van der Waals surface area contributed by atoms with Crippen LogP contribution in [-0.4, -0.2) is 8.42 Å². The first-order valence-electron chi connectivity index (χ1n) is 6.06. The van der Waals surface area contributed by atoms with E-state index in [1.807, 2.05) is 25.1 Å². The summed E-state index contributed by atoms with van der Waals surface area (Å²) in [6.45, 7) is 1.82. The van der Waals surface area contributed by atoms with Crippen LogP contribution in [0.3, 0.4) is 0 Å². The molecule has 102 valence electrons. The van der Waals surface area contributed by atoms with Crippen LogP contribution in [0.4, 0.5) is 0 Å². The van der Waals surface area contributed by atoms with Crippen molar-refractivity contribution in [1.82, 2.24) is 4.72 Å². The molecule has 0 spiro atoms. The highest BCUT2D eigenvalue weighted by atomic mass is 32.2. The predicted molar refractivity (Wildman–Crippen MR) is 76.3 cm³/mol. The van der Waals surface area contributed by atoms with E-state index in [4.69, 9.17) is 5.26 Å². The van der Waals surface area contributed by atoms with E-state index in [1.54, 1.807) is 36.4 Å². The average molecular weight is 286 g/mol. The van der Waals surface area contributed by atoms with Crippen LogP contribution < -0.4 is 4.72 Å². The normalized spacial score (nSPS) is 12.6. The van der Waals surface area contributed by atoms with Crippen molar-refractivity contribution < 1.29 is 8.42 Å². The number of nitrogens with zero attached hydrogens (tertiary/aromatic N) is 1. The van der Waals surface area contributed by atoms with Gasteiger partial charge in [-0.2, -0.15) is 9.98 Å². The van der Waals surface area contributed by atoms with Gasteiger partial charge in [0.1, 0.15) is 6.04 Å². The molecule has 1 atom stereocenters. The molecule has 0 fully saturated rings. The number of benzene rings is 2. The SMILES string of the molecule is Cc1cccc(S(=O)(=O)NC(C#N)c2ccccc2)c1. The maximum Gasteiger partial charge on any atom is 0.242 e. The maximum atomic E-state index is 12.3. The van der Waals surface area contributed by atoms with Crippen molar-refractivity contribution in [3.05, 3.63) is 65.7 Å². The van der Waals surface area contributed by atoms with Gasteiger partial charge in [-0.3, -0.25) is 0 Å². The van der Waals surface area contributed by atoms with Gasteiger partial charge in [0.2, 0.25) is 10.0 Å². The van der Waals surface area contributed by atoms with Crippen LogP contribution in [0.2, 0.25) is 0 Å². The van der Waals surface area contributed by atoms with Gasteiger partial charge in [0.25, 0.3) is 0 Å². The lowest BCUT2D eigenvalue weighted by Crippen LogP contribution is -2.27. The van der Waals surface area contributed by atoms with Crippen molar-refractivity contribution in [3.63, 3.8) is 0 Å². The Hall–Kier alpha value is -2.16. The molecule has 0 bridgehead atoms. The lowest BCUT2D eigenvalue weighted by Gasteiger charge is -2.12. The van der Waals surface area contributed by atoms with Crippen LogP contribution in [0.15, 0.2) is 59.5 Å². The van der Waals surface area contributed by atoms with Crippen molar-refractivity contribution in [2.24, 2.45) is 0 Å². The highest BCUT2D eigenvalue weighted by molar-refractivity contribution is 7.89. The zero-order chi connectivity index (χ0) is 14.6. The molecule has 0 aliphatic rings. The van der Waals surface area contributed by atoms with Crippen molar-refractivity contribution in [2.75, 3.05) is 0 Å². The van der Waals surface area contributed by atoms with Gasteiger partial charge in [-0.05, 0) is 30.2 Å². The monoisotopic (exact) mass is 286 g/mol. The minimum absolute atomic E-state index is 0.161. The molecule has 0 aliphatic heterocycles. The summed E-state index contributed by atoms with van der Waals surface area (Å²) in [5, 5.41) is 9.17. The Bertz CT molecular complexity index is 734. The van der Waals surface area contributed by atoms with E-state index in [1.165, 1.54) is 6.07 Å². The van der Waals surface area contributed by atoms with Crippen LogP contribution in [0.5, 0.6) is 0 Å². The van der Waals surface area contributed by atoms with Gasteiger partial charge in [0.05, 0.1) is 11.0 Å². The molecule has 0 radical (unpaired) electrons. The highest BCUT2D eigenvalue weighted by Crippen LogP contribution is 2.17. The zero-order valence-electron chi connectivity index (χ0n) is 10.9. The number of rotatable bonds is 4. The van der Waals surface area contributed by atoms with Crippen LogP contribution in [0, 0.1) is 18.3 Å². The number of sulfonamides is 1. The molecule has 0 amide bonds. The topological polar surface area (TPSA) is 70.0 Å². The minimum Gasteiger partial charge on any atom is -0.207 e. The van der Waals surface area contributed by atoms with Gasteiger partial charge >= 0.3 is 0 Å². The fourth-order valence-electron chi connectivity index (χ4n) is 1.82. The second-order valence-corrected chi connectivity index (χ2v) is 6.12. The summed E-state index contributed by atoms with van der Waals surface area (Å²) in [6.07, 6.45) is 0. The quantitative estimate of drug-likeness (QED) is 0.939. The third-order valence-corrected chi connectivity index (χ3v) is 4.26. The van der Waals surface area contributed by atoms with Crippen LogP contribution in [0.25, 0.3) is 0 Å². The molecule has 0 aliphatic carbocycles. The van der Waals surface area contributed by atoms with Gasteiger partial charge in [0.15, 0.2) is 0 Å². The Morgan fingerprint density at radius 2 is 1.80 bits per heavy atom. The molecule has 20 heavy (non-hydrogen) atoms. The van der Waals surface area contributed by atoms with Gasteiger partial charge in [-0.25, -0.2) is 8.42 Å². The van der Waals surface area contributed by atoms with Crippen molar-refractivity contribution in [1.29, 1.82) is 5.26 Å². The van der Waals surface area contributed by atoms with Crippen LogP contribution >= 0.6 is 0 Å². The lowest BCUT2D eigenvalue weighted by molar-refractivity contribution is 0.575. The largest absolute Gasteiger partial charge is 0.242 e. The van der Waals surface area contributed by atoms with E-state index in [2.05, 4.69) is 4.72 Å². The van der Waals surface area contributed by atoms with Gasteiger partial charge in [-0.15, -0.1) is 0 Å². The maximum absolute atomic E-state index is 12.3. The fraction of sp³-hybridized carbons (Fsp3) is 0.133. The summed E-state index contributed by atoms with van der Waals surface area (Å²) in [5.41, 5.74) is 1.47. The first kappa shape index (κ1) is 14.3. The van der Waals surface area contributed by atoms with Crippen LogP contribution in [-0.2, 0) is 10.0 Å². The number of hydrogen-bond donors (Lipinski definition) is 1. The van der Waals surface area contributed by atoms with E-state index < -0.39 is 16.1 Å².